The molecular formula is C18H20N4O5S. The lowest BCUT2D eigenvalue weighted by atomic mass is 10.3. The standard InChI is InChI=1S/C18H20N4O5S/c1-11(2)19-12-4-7-14(8-5-12)28(25,26)27-13-6-9-15-16(10-13)21-17(20-15)22(3)18(23)24/h4-11,19H,1-3H3,(H,20,21)(H,23,24). The van der Waals surface area contributed by atoms with Gasteiger partial charge >= 0.3 is 16.2 Å². The molecule has 3 N–H and O–H groups in total. The molecule has 3 aromatic rings. The Morgan fingerprint density at radius 2 is 1.89 bits per heavy atom. The number of imidazole rings is 1. The molecule has 3 rings (SSSR count). The molecular weight excluding hydrogens is 384 g/mol. The van der Waals surface area contributed by atoms with Crippen LogP contribution in [0.1, 0.15) is 13.8 Å². The van der Waals surface area contributed by atoms with Crippen molar-refractivity contribution in [1.29, 1.82) is 0 Å². The van der Waals surface area contributed by atoms with Crippen molar-refractivity contribution in [2.24, 2.45) is 0 Å². The number of hydrogen-bond acceptors (Lipinski definition) is 6. The van der Waals surface area contributed by atoms with Crippen molar-refractivity contribution in [2.75, 3.05) is 17.3 Å². The van der Waals surface area contributed by atoms with Crippen molar-refractivity contribution in [2.45, 2.75) is 24.8 Å². The number of hydrogen-bond donors (Lipinski definition) is 3. The highest BCUT2D eigenvalue weighted by molar-refractivity contribution is 7.87. The van der Waals surface area contributed by atoms with Crippen LogP contribution in [0.3, 0.4) is 0 Å². The lowest BCUT2D eigenvalue weighted by Crippen LogP contribution is -2.24. The highest BCUT2D eigenvalue weighted by atomic mass is 32.2. The average Bonchev–Trinajstić information content (AvgIpc) is 3.03. The monoisotopic (exact) mass is 404 g/mol. The SMILES string of the molecule is CC(C)Nc1ccc(S(=O)(=O)Oc2ccc3nc(N(C)C(=O)O)[nH]c3c2)cc1. The predicted octanol–water partition coefficient (Wildman–Crippen LogP) is 3.27. The van der Waals surface area contributed by atoms with E-state index < -0.39 is 16.2 Å². The number of fused-ring (bicyclic) bond motifs is 1. The quantitative estimate of drug-likeness (QED) is 0.539. The fraction of sp³-hybridized carbons (Fsp3) is 0.222. The minimum absolute atomic E-state index is 0.0258. The van der Waals surface area contributed by atoms with Gasteiger partial charge in [0.2, 0.25) is 5.95 Å². The van der Waals surface area contributed by atoms with E-state index in [0.29, 0.717) is 11.0 Å². The number of aromatic nitrogens is 2. The summed E-state index contributed by atoms with van der Waals surface area (Å²) in [7, 11) is -2.67. The van der Waals surface area contributed by atoms with E-state index in [-0.39, 0.29) is 22.6 Å². The van der Waals surface area contributed by atoms with Crippen molar-refractivity contribution in [1.82, 2.24) is 9.97 Å². The normalized spacial score (nSPS) is 11.6. The van der Waals surface area contributed by atoms with Crippen molar-refractivity contribution in [3.05, 3.63) is 42.5 Å². The largest absolute Gasteiger partial charge is 0.465 e. The van der Waals surface area contributed by atoms with Crippen LogP contribution in [-0.2, 0) is 10.1 Å². The maximum atomic E-state index is 12.5. The second kappa shape index (κ2) is 7.39. The van der Waals surface area contributed by atoms with E-state index in [1.165, 1.54) is 31.3 Å². The second-order valence-corrected chi connectivity index (χ2v) is 7.99. The molecule has 0 bridgehead atoms. The molecule has 148 valence electrons. The predicted molar refractivity (Wildman–Crippen MR) is 106 cm³/mol. The molecule has 0 atom stereocenters. The van der Waals surface area contributed by atoms with Gasteiger partial charge in [-0.05, 0) is 50.2 Å². The maximum absolute atomic E-state index is 12.5. The van der Waals surface area contributed by atoms with Crippen LogP contribution in [-0.4, -0.2) is 42.7 Å². The number of rotatable bonds is 6. The summed E-state index contributed by atoms with van der Waals surface area (Å²) in [6, 6.07) is 11.0. The Morgan fingerprint density at radius 1 is 1.21 bits per heavy atom. The molecule has 2 aromatic carbocycles. The molecule has 0 saturated heterocycles. The molecule has 9 nitrogen and oxygen atoms in total. The van der Waals surface area contributed by atoms with Gasteiger partial charge in [0, 0.05) is 24.8 Å². The zero-order valence-electron chi connectivity index (χ0n) is 15.5. The van der Waals surface area contributed by atoms with Gasteiger partial charge in [0.05, 0.1) is 11.0 Å². The molecule has 0 aliphatic rings. The third-order valence-corrected chi connectivity index (χ3v) is 5.11. The van der Waals surface area contributed by atoms with Gasteiger partial charge < -0.3 is 19.6 Å². The Hall–Kier alpha value is -3.27. The van der Waals surface area contributed by atoms with Crippen molar-refractivity contribution >= 4 is 38.9 Å². The fourth-order valence-electron chi connectivity index (χ4n) is 2.50. The molecule has 0 radical (unpaired) electrons. The third kappa shape index (κ3) is 4.17. The Kier molecular flexibility index (Phi) is 5.14. The van der Waals surface area contributed by atoms with Crippen LogP contribution in [0.5, 0.6) is 5.75 Å². The number of H-pyrrole nitrogens is 1. The molecule has 0 aliphatic heterocycles. The summed E-state index contributed by atoms with van der Waals surface area (Å²) in [5.74, 6) is 0.209. The van der Waals surface area contributed by atoms with E-state index >= 15 is 0 Å². The van der Waals surface area contributed by atoms with Gasteiger partial charge in [-0.25, -0.2) is 9.78 Å². The molecule has 10 heteroatoms. The zero-order chi connectivity index (χ0) is 20.5. The first-order chi connectivity index (χ1) is 13.2. The van der Waals surface area contributed by atoms with Crippen molar-refractivity contribution in [3.8, 4) is 5.75 Å². The smallest absolute Gasteiger partial charge is 0.413 e. The molecule has 0 saturated carbocycles. The van der Waals surface area contributed by atoms with Gasteiger partial charge in [-0.1, -0.05) is 0 Å². The van der Waals surface area contributed by atoms with Crippen LogP contribution >= 0.6 is 0 Å². The van der Waals surface area contributed by atoms with E-state index in [9.17, 15) is 13.2 Å². The summed E-state index contributed by atoms with van der Waals surface area (Å²) in [4.78, 5) is 18.9. The molecule has 28 heavy (non-hydrogen) atoms. The van der Waals surface area contributed by atoms with Crippen LogP contribution in [0, 0.1) is 0 Å². The minimum atomic E-state index is -4.02. The summed E-state index contributed by atoms with van der Waals surface area (Å²) < 4.78 is 30.2. The Bertz CT molecular complexity index is 1110. The minimum Gasteiger partial charge on any atom is -0.465 e. The summed E-state index contributed by atoms with van der Waals surface area (Å²) in [6.45, 7) is 3.97. The van der Waals surface area contributed by atoms with Crippen molar-refractivity contribution in [3.63, 3.8) is 0 Å². The highest BCUT2D eigenvalue weighted by Crippen LogP contribution is 2.25. The van der Waals surface area contributed by atoms with Crippen LogP contribution < -0.4 is 14.4 Å². The number of nitrogens with zero attached hydrogens (tertiary/aromatic N) is 2. The summed E-state index contributed by atoms with van der Waals surface area (Å²) in [5, 5.41) is 12.2. The van der Waals surface area contributed by atoms with E-state index in [0.717, 1.165) is 10.6 Å². The molecule has 0 spiro atoms. The number of anilines is 2. The van der Waals surface area contributed by atoms with Gasteiger partial charge in [0.25, 0.3) is 0 Å². The van der Waals surface area contributed by atoms with Crippen molar-refractivity contribution < 1.29 is 22.5 Å². The average molecular weight is 404 g/mol. The van der Waals surface area contributed by atoms with E-state index in [2.05, 4.69) is 15.3 Å². The number of nitrogens with one attached hydrogen (secondary N) is 2. The lowest BCUT2D eigenvalue weighted by molar-refractivity contribution is 0.203. The first-order valence-corrected chi connectivity index (χ1v) is 9.84. The summed E-state index contributed by atoms with van der Waals surface area (Å²) in [5.41, 5.74) is 1.74. The lowest BCUT2D eigenvalue weighted by Gasteiger charge is -2.11. The molecule has 1 aromatic heterocycles. The van der Waals surface area contributed by atoms with Gasteiger partial charge in [-0.15, -0.1) is 0 Å². The Labute approximate surface area is 162 Å². The van der Waals surface area contributed by atoms with E-state index in [1.807, 2.05) is 13.8 Å². The van der Waals surface area contributed by atoms with E-state index in [4.69, 9.17) is 9.29 Å². The number of carbonyl (C=O) groups is 1. The topological polar surface area (TPSA) is 125 Å². The Balaban J connectivity index is 1.83. The van der Waals surface area contributed by atoms with Crippen LogP contribution in [0.15, 0.2) is 47.4 Å². The number of benzene rings is 2. The second-order valence-electron chi connectivity index (χ2n) is 6.44. The van der Waals surface area contributed by atoms with Gasteiger partial charge in [0.1, 0.15) is 10.6 Å². The summed E-state index contributed by atoms with van der Waals surface area (Å²) >= 11 is 0. The zero-order valence-corrected chi connectivity index (χ0v) is 16.3. The fourth-order valence-corrected chi connectivity index (χ4v) is 3.43. The van der Waals surface area contributed by atoms with Gasteiger partial charge in [0.15, 0.2) is 0 Å². The van der Waals surface area contributed by atoms with Gasteiger partial charge in [-0.3, -0.25) is 4.90 Å². The number of carboxylic acid groups (broad SMARTS) is 1. The van der Waals surface area contributed by atoms with Crippen LogP contribution in [0.25, 0.3) is 11.0 Å². The van der Waals surface area contributed by atoms with Crippen LogP contribution in [0.4, 0.5) is 16.4 Å². The van der Waals surface area contributed by atoms with Crippen LogP contribution in [0.2, 0.25) is 0 Å². The molecule has 1 amide bonds. The first-order valence-electron chi connectivity index (χ1n) is 8.43. The molecule has 0 aliphatic carbocycles. The summed E-state index contributed by atoms with van der Waals surface area (Å²) in [6.07, 6.45) is -1.17. The van der Waals surface area contributed by atoms with E-state index in [1.54, 1.807) is 18.2 Å². The molecule has 0 unspecified atom stereocenters. The number of aromatic amines is 1. The Morgan fingerprint density at radius 3 is 2.50 bits per heavy atom. The third-order valence-electron chi connectivity index (χ3n) is 3.85. The maximum Gasteiger partial charge on any atom is 0.413 e. The highest BCUT2D eigenvalue weighted by Gasteiger charge is 2.18. The van der Waals surface area contributed by atoms with Gasteiger partial charge in [-0.2, -0.15) is 8.42 Å². The molecule has 0 fully saturated rings. The first kappa shape index (κ1) is 19.5. The molecule has 1 heterocycles. The number of amides is 1.